The van der Waals surface area contributed by atoms with E-state index in [9.17, 15) is 4.79 Å². The maximum Gasteiger partial charge on any atom is 0.251 e. The number of rotatable bonds is 6. The molecule has 1 heterocycles. The van der Waals surface area contributed by atoms with Crippen molar-refractivity contribution in [3.63, 3.8) is 0 Å². The zero-order chi connectivity index (χ0) is 18.5. The molecule has 0 spiro atoms. The fourth-order valence-corrected chi connectivity index (χ4v) is 2.85. The number of aryl methyl sites for hydroxylation is 1. The lowest BCUT2D eigenvalue weighted by molar-refractivity contribution is 0.0950. The number of carbonyl (C=O) groups excluding carboxylic acids is 1. The highest BCUT2D eigenvalue weighted by molar-refractivity contribution is 6.32. The zero-order valence-corrected chi connectivity index (χ0v) is 15.6. The highest BCUT2D eigenvalue weighted by Crippen LogP contribution is 2.24. The summed E-state index contributed by atoms with van der Waals surface area (Å²) in [7, 11) is 1.78. The van der Waals surface area contributed by atoms with Crippen LogP contribution in [0.5, 0.6) is 5.75 Å². The zero-order valence-electron chi connectivity index (χ0n) is 14.1. The van der Waals surface area contributed by atoms with Crippen LogP contribution in [0.2, 0.25) is 10.0 Å². The minimum absolute atomic E-state index is 0.193. The van der Waals surface area contributed by atoms with Gasteiger partial charge < -0.3 is 10.1 Å². The smallest absolute Gasteiger partial charge is 0.251 e. The summed E-state index contributed by atoms with van der Waals surface area (Å²) in [5, 5.41) is 7.97. The molecular weight excluding hydrogens is 373 g/mol. The number of aromatic nitrogens is 2. The fourth-order valence-electron chi connectivity index (χ4n) is 2.43. The van der Waals surface area contributed by atoms with Crippen molar-refractivity contribution in [3.05, 3.63) is 81.6 Å². The molecule has 0 bridgehead atoms. The summed E-state index contributed by atoms with van der Waals surface area (Å²) >= 11 is 12.1. The molecule has 1 amide bonds. The van der Waals surface area contributed by atoms with Gasteiger partial charge in [-0.05, 0) is 29.8 Å². The molecule has 3 aromatic rings. The number of amides is 1. The molecule has 7 heteroatoms. The molecular formula is C19H17Cl2N3O2. The van der Waals surface area contributed by atoms with Crippen LogP contribution in [0.3, 0.4) is 0 Å². The third-order valence-electron chi connectivity index (χ3n) is 3.85. The number of ether oxygens (including phenoxy) is 1. The number of para-hydroxylation sites is 1. The van der Waals surface area contributed by atoms with Crippen LogP contribution in [0.1, 0.15) is 21.6 Å². The Hall–Kier alpha value is -2.50. The van der Waals surface area contributed by atoms with Gasteiger partial charge in [-0.3, -0.25) is 9.48 Å². The van der Waals surface area contributed by atoms with Crippen LogP contribution in [0, 0.1) is 0 Å². The number of benzene rings is 2. The Bertz CT molecular complexity index is 905. The Morgan fingerprint density at radius 2 is 1.96 bits per heavy atom. The van der Waals surface area contributed by atoms with Gasteiger partial charge in [-0.2, -0.15) is 5.10 Å². The van der Waals surface area contributed by atoms with Crippen LogP contribution in [-0.2, 0) is 20.2 Å². The Morgan fingerprint density at radius 3 is 2.69 bits per heavy atom. The lowest BCUT2D eigenvalue weighted by Crippen LogP contribution is -2.24. The Balaban J connectivity index is 1.63. The van der Waals surface area contributed by atoms with Crippen molar-refractivity contribution in [1.82, 2.24) is 15.1 Å². The second-order valence-corrected chi connectivity index (χ2v) is 6.48. The minimum atomic E-state index is -0.193. The monoisotopic (exact) mass is 389 g/mol. The summed E-state index contributed by atoms with van der Waals surface area (Å²) in [4.78, 5) is 12.4. The first-order valence-corrected chi connectivity index (χ1v) is 8.71. The van der Waals surface area contributed by atoms with Crippen LogP contribution in [0.4, 0.5) is 0 Å². The van der Waals surface area contributed by atoms with Gasteiger partial charge in [0.25, 0.3) is 5.91 Å². The van der Waals surface area contributed by atoms with Crippen molar-refractivity contribution < 1.29 is 9.53 Å². The lowest BCUT2D eigenvalue weighted by Gasteiger charge is -2.10. The van der Waals surface area contributed by atoms with E-state index in [0.717, 1.165) is 11.3 Å². The number of nitrogens with zero attached hydrogens (tertiary/aromatic N) is 2. The lowest BCUT2D eigenvalue weighted by atomic mass is 10.1. The van der Waals surface area contributed by atoms with E-state index in [1.54, 1.807) is 42.2 Å². The number of carbonyl (C=O) groups is 1. The molecule has 0 saturated carbocycles. The first-order chi connectivity index (χ1) is 12.5. The van der Waals surface area contributed by atoms with Gasteiger partial charge in [0, 0.05) is 12.6 Å². The Morgan fingerprint density at radius 1 is 1.15 bits per heavy atom. The molecule has 1 N–H and O–H groups in total. The van der Waals surface area contributed by atoms with Crippen molar-refractivity contribution in [2.24, 2.45) is 7.05 Å². The summed E-state index contributed by atoms with van der Waals surface area (Å²) in [6, 6.07) is 14.5. The maximum atomic E-state index is 12.4. The van der Waals surface area contributed by atoms with E-state index in [1.165, 1.54) is 0 Å². The number of nitrogens with one attached hydrogen (secondary N) is 1. The second kappa shape index (κ2) is 8.25. The molecule has 0 aliphatic heterocycles. The van der Waals surface area contributed by atoms with Crippen LogP contribution in [0.25, 0.3) is 0 Å². The Kier molecular flexibility index (Phi) is 5.81. The SMILES string of the molecule is Cn1ncc(Cl)c1CNC(=O)c1cccc(COc2ccccc2Cl)c1. The van der Waals surface area contributed by atoms with E-state index >= 15 is 0 Å². The van der Waals surface area contributed by atoms with Crippen LogP contribution < -0.4 is 10.1 Å². The van der Waals surface area contributed by atoms with Gasteiger partial charge in [0.1, 0.15) is 12.4 Å². The molecule has 0 aliphatic rings. The van der Waals surface area contributed by atoms with Crippen molar-refractivity contribution in [3.8, 4) is 5.75 Å². The molecule has 0 radical (unpaired) electrons. The molecule has 3 rings (SSSR count). The van der Waals surface area contributed by atoms with Gasteiger partial charge in [-0.15, -0.1) is 0 Å². The highest BCUT2D eigenvalue weighted by Gasteiger charge is 2.11. The molecule has 0 fully saturated rings. The van der Waals surface area contributed by atoms with Gasteiger partial charge in [0.05, 0.1) is 28.5 Å². The molecule has 5 nitrogen and oxygen atoms in total. The molecule has 2 aromatic carbocycles. The molecule has 26 heavy (non-hydrogen) atoms. The molecule has 0 atom stereocenters. The van der Waals surface area contributed by atoms with Gasteiger partial charge >= 0.3 is 0 Å². The first-order valence-electron chi connectivity index (χ1n) is 7.95. The third-order valence-corrected chi connectivity index (χ3v) is 4.48. The normalized spacial score (nSPS) is 10.6. The summed E-state index contributed by atoms with van der Waals surface area (Å²) in [5.41, 5.74) is 2.16. The van der Waals surface area contributed by atoms with Gasteiger partial charge in [-0.1, -0.05) is 47.5 Å². The van der Waals surface area contributed by atoms with Crippen LogP contribution >= 0.6 is 23.2 Å². The number of hydrogen-bond donors (Lipinski definition) is 1. The average Bonchev–Trinajstić information content (AvgIpc) is 2.97. The van der Waals surface area contributed by atoms with E-state index in [2.05, 4.69) is 10.4 Å². The predicted molar refractivity (Wildman–Crippen MR) is 102 cm³/mol. The largest absolute Gasteiger partial charge is 0.487 e. The maximum absolute atomic E-state index is 12.4. The molecule has 0 saturated heterocycles. The quantitative estimate of drug-likeness (QED) is 0.685. The molecule has 134 valence electrons. The minimum Gasteiger partial charge on any atom is -0.487 e. The van der Waals surface area contributed by atoms with E-state index in [-0.39, 0.29) is 5.91 Å². The second-order valence-electron chi connectivity index (χ2n) is 5.66. The Labute approximate surface area is 161 Å². The standard InChI is InChI=1S/C19H17Cl2N3O2/c1-24-17(16(21)10-23-24)11-22-19(25)14-6-4-5-13(9-14)12-26-18-8-3-2-7-15(18)20/h2-10H,11-12H2,1H3,(H,22,25). The highest BCUT2D eigenvalue weighted by atomic mass is 35.5. The summed E-state index contributed by atoms with van der Waals surface area (Å²) in [6.45, 7) is 0.618. The van der Waals surface area contributed by atoms with Gasteiger partial charge in [0.2, 0.25) is 0 Å². The van der Waals surface area contributed by atoms with Crippen molar-refractivity contribution in [1.29, 1.82) is 0 Å². The molecule has 0 unspecified atom stereocenters. The van der Waals surface area contributed by atoms with E-state index in [0.29, 0.717) is 34.5 Å². The van der Waals surface area contributed by atoms with Gasteiger partial charge in [0.15, 0.2) is 0 Å². The van der Waals surface area contributed by atoms with Crippen LogP contribution in [-0.4, -0.2) is 15.7 Å². The van der Waals surface area contributed by atoms with Gasteiger partial charge in [-0.25, -0.2) is 0 Å². The van der Waals surface area contributed by atoms with Crippen molar-refractivity contribution >= 4 is 29.1 Å². The van der Waals surface area contributed by atoms with E-state index < -0.39 is 0 Å². The predicted octanol–water partition coefficient (Wildman–Crippen LogP) is 4.24. The summed E-state index contributed by atoms with van der Waals surface area (Å²) in [5.74, 6) is 0.414. The van der Waals surface area contributed by atoms with E-state index in [4.69, 9.17) is 27.9 Å². The average molecular weight is 390 g/mol. The van der Waals surface area contributed by atoms with Crippen molar-refractivity contribution in [2.75, 3.05) is 0 Å². The molecule has 0 aliphatic carbocycles. The molecule has 1 aromatic heterocycles. The number of hydrogen-bond acceptors (Lipinski definition) is 3. The number of halogens is 2. The summed E-state index contributed by atoms with van der Waals surface area (Å²) in [6.07, 6.45) is 1.55. The fraction of sp³-hybridized carbons (Fsp3) is 0.158. The first kappa shape index (κ1) is 18.3. The topological polar surface area (TPSA) is 56.2 Å². The van der Waals surface area contributed by atoms with Crippen LogP contribution in [0.15, 0.2) is 54.7 Å². The third kappa shape index (κ3) is 4.36. The van der Waals surface area contributed by atoms with Crippen molar-refractivity contribution in [2.45, 2.75) is 13.2 Å². The summed E-state index contributed by atoms with van der Waals surface area (Å²) < 4.78 is 7.35. The van der Waals surface area contributed by atoms with E-state index in [1.807, 2.05) is 24.3 Å².